The van der Waals surface area contributed by atoms with E-state index in [2.05, 4.69) is 16.0 Å². The summed E-state index contributed by atoms with van der Waals surface area (Å²) in [5, 5.41) is 18.6. The van der Waals surface area contributed by atoms with Crippen molar-refractivity contribution in [3.05, 3.63) is 12.2 Å². The van der Waals surface area contributed by atoms with Gasteiger partial charge in [0.05, 0.1) is 6.54 Å². The second-order valence-corrected chi connectivity index (χ2v) is 14.5. The predicted octanol–water partition coefficient (Wildman–Crippen LogP) is 2.40. The molecule has 14 heteroatoms. The van der Waals surface area contributed by atoms with Gasteiger partial charge in [-0.1, -0.05) is 59.6 Å². The SMILES string of the molecule is CC(C)NCCN(CC(OC(=O)NC1CCCCCC=CC2CC2(C(=O)O)NC(=O)C2CCCN2C1=O)C(C)(C)C)S(=O)O. The van der Waals surface area contributed by atoms with E-state index in [1.165, 1.54) is 9.21 Å². The zero-order valence-corrected chi connectivity index (χ0v) is 27.5. The molecule has 6 atom stereocenters. The lowest BCUT2D eigenvalue weighted by atomic mass is 9.89. The summed E-state index contributed by atoms with van der Waals surface area (Å²) in [6, 6.07) is -1.57. The molecule has 1 aliphatic carbocycles. The van der Waals surface area contributed by atoms with Gasteiger partial charge in [0.1, 0.15) is 23.7 Å². The Morgan fingerprint density at radius 1 is 1.20 bits per heavy atom. The standard InChI is InChI=1S/C30H51N5O8S/c1-20(2)31-15-17-34(44(41)42)19-24(29(3,4)5)43-28(40)32-22-13-10-8-6-7-9-12-21-18-30(21,27(38)39)33-25(36)23-14-11-16-35(23)26(22)37/h9,12,20-24,31H,6-8,10-11,13-19H2,1-5H3,(H,32,40)(H,33,36)(H,38,39)(H,41,42). The number of fused-ring (bicyclic) bond motifs is 2. The summed E-state index contributed by atoms with van der Waals surface area (Å²) < 4.78 is 29.1. The molecule has 0 aromatic carbocycles. The molecular formula is C30H51N5O8S. The number of nitrogens with one attached hydrogen (secondary N) is 3. The number of aliphatic carboxylic acids is 1. The predicted molar refractivity (Wildman–Crippen MR) is 166 cm³/mol. The van der Waals surface area contributed by atoms with Gasteiger partial charge in [-0.2, -0.15) is 4.31 Å². The van der Waals surface area contributed by atoms with Crippen molar-refractivity contribution in [1.29, 1.82) is 0 Å². The summed E-state index contributed by atoms with van der Waals surface area (Å²) in [7, 11) is 0. The number of allylic oxidation sites excluding steroid dienone is 1. The van der Waals surface area contributed by atoms with Crippen molar-refractivity contribution in [2.24, 2.45) is 11.3 Å². The van der Waals surface area contributed by atoms with Crippen molar-refractivity contribution in [3.63, 3.8) is 0 Å². The lowest BCUT2D eigenvalue weighted by molar-refractivity contribution is -0.145. The number of carboxylic acids is 1. The van der Waals surface area contributed by atoms with Gasteiger partial charge in [-0.05, 0) is 38.5 Å². The number of carbonyl (C=O) groups is 4. The Bertz CT molecular complexity index is 1100. The van der Waals surface area contributed by atoms with Gasteiger partial charge in [0.2, 0.25) is 23.1 Å². The van der Waals surface area contributed by atoms with Crippen LogP contribution in [0.15, 0.2) is 12.2 Å². The number of carbonyl (C=O) groups excluding carboxylic acids is 3. The number of carboxylic acid groups (broad SMARTS) is 1. The minimum atomic E-state index is -2.29. The molecule has 1 saturated carbocycles. The Morgan fingerprint density at radius 2 is 1.93 bits per heavy atom. The number of hydrogen-bond donors (Lipinski definition) is 5. The van der Waals surface area contributed by atoms with Gasteiger partial charge in [0.15, 0.2) is 0 Å². The molecule has 0 aromatic rings. The van der Waals surface area contributed by atoms with Crippen LogP contribution in [-0.4, -0.2) is 103 Å². The van der Waals surface area contributed by atoms with Crippen molar-refractivity contribution < 1.29 is 37.8 Å². The zero-order chi connectivity index (χ0) is 32.7. The maximum Gasteiger partial charge on any atom is 0.408 e. The molecule has 3 aliphatic rings. The van der Waals surface area contributed by atoms with Crippen molar-refractivity contribution in [2.45, 2.75) is 116 Å². The fraction of sp³-hybridized carbons (Fsp3) is 0.800. The van der Waals surface area contributed by atoms with Gasteiger partial charge in [0.25, 0.3) is 0 Å². The molecule has 250 valence electrons. The second-order valence-electron chi connectivity index (χ2n) is 13.5. The molecule has 2 heterocycles. The number of nitrogens with zero attached hydrogens (tertiary/aromatic N) is 2. The van der Waals surface area contributed by atoms with E-state index in [-0.39, 0.29) is 25.0 Å². The Balaban J connectivity index is 1.74. The smallest absolute Gasteiger partial charge is 0.408 e. The molecule has 0 spiro atoms. The van der Waals surface area contributed by atoms with E-state index in [9.17, 15) is 33.0 Å². The highest BCUT2D eigenvalue weighted by Crippen LogP contribution is 2.45. The lowest BCUT2D eigenvalue weighted by Gasteiger charge is -2.34. The number of amides is 3. The van der Waals surface area contributed by atoms with E-state index in [1.807, 2.05) is 46.8 Å². The largest absolute Gasteiger partial charge is 0.479 e. The highest BCUT2D eigenvalue weighted by atomic mass is 32.2. The van der Waals surface area contributed by atoms with Gasteiger partial charge in [-0.25, -0.2) is 13.8 Å². The van der Waals surface area contributed by atoms with Gasteiger partial charge in [-0.3, -0.25) is 14.1 Å². The van der Waals surface area contributed by atoms with Crippen LogP contribution in [0.25, 0.3) is 0 Å². The van der Waals surface area contributed by atoms with Crippen molar-refractivity contribution in [3.8, 4) is 0 Å². The second kappa shape index (κ2) is 15.6. The summed E-state index contributed by atoms with van der Waals surface area (Å²) in [5.74, 6) is -2.28. The number of ether oxygens (including phenoxy) is 1. The minimum Gasteiger partial charge on any atom is -0.479 e. The number of hydrogen-bond acceptors (Lipinski definition) is 7. The van der Waals surface area contributed by atoms with Crippen LogP contribution in [0.1, 0.15) is 86.0 Å². The lowest BCUT2D eigenvalue weighted by Crippen LogP contribution is -2.56. The topological polar surface area (TPSA) is 178 Å². The molecule has 5 N–H and O–H groups in total. The first-order valence-electron chi connectivity index (χ1n) is 15.7. The van der Waals surface area contributed by atoms with Crippen LogP contribution >= 0.6 is 0 Å². The van der Waals surface area contributed by atoms with Crippen molar-refractivity contribution >= 4 is 35.1 Å². The van der Waals surface area contributed by atoms with Crippen molar-refractivity contribution in [2.75, 3.05) is 26.2 Å². The Labute approximate surface area is 263 Å². The van der Waals surface area contributed by atoms with E-state index >= 15 is 0 Å². The van der Waals surface area contributed by atoms with Crippen LogP contribution in [0.2, 0.25) is 0 Å². The monoisotopic (exact) mass is 641 g/mol. The third kappa shape index (κ3) is 9.72. The quantitative estimate of drug-likeness (QED) is 0.177. The van der Waals surface area contributed by atoms with E-state index in [0.29, 0.717) is 45.2 Å². The van der Waals surface area contributed by atoms with Crippen LogP contribution in [0.4, 0.5) is 4.79 Å². The first kappa shape index (κ1) is 35.9. The van der Waals surface area contributed by atoms with Crippen molar-refractivity contribution in [1.82, 2.24) is 25.2 Å². The van der Waals surface area contributed by atoms with E-state index in [0.717, 1.165) is 19.3 Å². The van der Waals surface area contributed by atoms with E-state index < -0.39 is 64.3 Å². The van der Waals surface area contributed by atoms with Crippen LogP contribution in [0.5, 0.6) is 0 Å². The molecule has 6 unspecified atom stereocenters. The zero-order valence-electron chi connectivity index (χ0n) is 26.7. The normalized spacial score (nSPS) is 27.9. The molecule has 44 heavy (non-hydrogen) atoms. The van der Waals surface area contributed by atoms with Gasteiger partial charge in [-0.15, -0.1) is 0 Å². The van der Waals surface area contributed by atoms with Crippen LogP contribution in [-0.2, 0) is 30.4 Å². The first-order chi connectivity index (χ1) is 20.7. The molecule has 3 amide bonds. The minimum absolute atomic E-state index is 0.00658. The van der Waals surface area contributed by atoms with Gasteiger partial charge in [0, 0.05) is 37.0 Å². The molecule has 0 bridgehead atoms. The Kier molecular flexibility index (Phi) is 12.8. The summed E-state index contributed by atoms with van der Waals surface area (Å²) in [5.41, 5.74) is -1.94. The van der Waals surface area contributed by atoms with E-state index in [4.69, 9.17) is 4.74 Å². The number of rotatable bonds is 10. The maximum atomic E-state index is 13.8. The molecule has 0 aromatic heterocycles. The first-order valence-corrected chi connectivity index (χ1v) is 16.8. The summed E-state index contributed by atoms with van der Waals surface area (Å²) in [4.78, 5) is 54.0. The molecule has 3 rings (SSSR count). The van der Waals surface area contributed by atoms with Crippen LogP contribution in [0.3, 0.4) is 0 Å². The molecule has 0 radical (unpaired) electrons. The summed E-state index contributed by atoms with van der Waals surface area (Å²) in [6.07, 6.45) is 6.89. The summed E-state index contributed by atoms with van der Waals surface area (Å²) in [6.45, 7) is 10.6. The van der Waals surface area contributed by atoms with Crippen LogP contribution in [0, 0.1) is 11.3 Å². The molecule has 2 fully saturated rings. The van der Waals surface area contributed by atoms with E-state index in [1.54, 1.807) is 0 Å². The average molecular weight is 642 g/mol. The third-order valence-electron chi connectivity index (χ3n) is 8.62. The molecule has 2 aliphatic heterocycles. The van der Waals surface area contributed by atoms with Gasteiger partial charge < -0.3 is 30.7 Å². The molecule has 13 nitrogen and oxygen atoms in total. The average Bonchev–Trinajstić information content (AvgIpc) is 3.39. The van der Waals surface area contributed by atoms with Crippen LogP contribution < -0.4 is 16.0 Å². The summed E-state index contributed by atoms with van der Waals surface area (Å²) >= 11 is -2.29. The Morgan fingerprint density at radius 3 is 2.57 bits per heavy atom. The highest BCUT2D eigenvalue weighted by molar-refractivity contribution is 7.76. The fourth-order valence-corrected chi connectivity index (χ4v) is 6.27. The highest BCUT2D eigenvalue weighted by Gasteiger charge is 2.61. The molecule has 1 saturated heterocycles. The molecular weight excluding hydrogens is 590 g/mol. The van der Waals surface area contributed by atoms with Gasteiger partial charge >= 0.3 is 12.1 Å². The third-order valence-corrected chi connectivity index (χ3v) is 9.40. The number of alkyl carbamates (subject to hydrolysis) is 1. The Hall–Kier alpha value is -2.55. The maximum absolute atomic E-state index is 13.8. The fourth-order valence-electron chi connectivity index (χ4n) is 5.76.